The summed E-state index contributed by atoms with van der Waals surface area (Å²) in [5.74, 6) is 0.860. The highest BCUT2D eigenvalue weighted by molar-refractivity contribution is 14.1. The first-order chi connectivity index (χ1) is 9.52. The Balaban J connectivity index is 2.22. The third kappa shape index (κ3) is 6.25. The zero-order valence-corrected chi connectivity index (χ0v) is 15.0. The van der Waals surface area contributed by atoms with Crippen LogP contribution in [0.1, 0.15) is 61.9 Å². The summed E-state index contributed by atoms with van der Waals surface area (Å²) in [5, 5.41) is 3.02. The third-order valence-electron chi connectivity index (χ3n) is 3.43. The summed E-state index contributed by atoms with van der Waals surface area (Å²) in [7, 11) is 0. The highest BCUT2D eigenvalue weighted by Gasteiger charge is 2.10. The van der Waals surface area contributed by atoms with Gasteiger partial charge in [0.1, 0.15) is 0 Å². The number of rotatable bonds is 8. The Hall–Kier alpha value is -0.580. The number of aryl methyl sites for hydroxylation is 1. The minimum atomic E-state index is 0.0558. The smallest absolute Gasteiger partial charge is 0.252 e. The van der Waals surface area contributed by atoms with Gasteiger partial charge in [-0.3, -0.25) is 4.79 Å². The Labute approximate surface area is 136 Å². The molecule has 0 saturated heterocycles. The summed E-state index contributed by atoms with van der Waals surface area (Å²) >= 11 is 2.24. The Morgan fingerprint density at radius 1 is 1.20 bits per heavy atom. The van der Waals surface area contributed by atoms with Crippen molar-refractivity contribution in [3.8, 4) is 0 Å². The highest BCUT2D eigenvalue weighted by Crippen LogP contribution is 2.16. The van der Waals surface area contributed by atoms with Crippen molar-refractivity contribution in [3.63, 3.8) is 0 Å². The Morgan fingerprint density at radius 3 is 2.60 bits per heavy atom. The highest BCUT2D eigenvalue weighted by atomic mass is 127. The van der Waals surface area contributed by atoms with Gasteiger partial charge in [-0.25, -0.2) is 0 Å². The van der Waals surface area contributed by atoms with Crippen molar-refractivity contribution in [1.82, 2.24) is 5.32 Å². The molecule has 0 aliphatic heterocycles. The average molecular weight is 387 g/mol. The van der Waals surface area contributed by atoms with E-state index >= 15 is 0 Å². The summed E-state index contributed by atoms with van der Waals surface area (Å²) in [6, 6.07) is 5.87. The molecule has 0 aliphatic rings. The molecule has 0 heterocycles. The van der Waals surface area contributed by atoms with Crippen molar-refractivity contribution in [2.75, 3.05) is 6.54 Å². The second-order valence-electron chi connectivity index (χ2n) is 5.79. The molecular formula is C17H26INO. The maximum absolute atomic E-state index is 12.1. The summed E-state index contributed by atoms with van der Waals surface area (Å²) in [6.07, 6.45) is 6.18. The van der Waals surface area contributed by atoms with Gasteiger partial charge in [0, 0.05) is 10.1 Å². The van der Waals surface area contributed by atoms with E-state index in [1.165, 1.54) is 25.7 Å². The normalized spacial score (nSPS) is 10.8. The van der Waals surface area contributed by atoms with Crippen LogP contribution in [0, 0.1) is 16.4 Å². The molecule has 1 amide bonds. The van der Waals surface area contributed by atoms with Gasteiger partial charge in [-0.15, -0.1) is 0 Å². The lowest BCUT2D eigenvalue weighted by molar-refractivity contribution is 0.0952. The minimum Gasteiger partial charge on any atom is -0.352 e. The summed E-state index contributed by atoms with van der Waals surface area (Å²) in [5.41, 5.74) is 1.96. The number of halogens is 1. The van der Waals surface area contributed by atoms with Crippen molar-refractivity contribution in [3.05, 3.63) is 32.9 Å². The van der Waals surface area contributed by atoms with Gasteiger partial charge in [-0.1, -0.05) is 51.7 Å². The number of benzene rings is 1. The Morgan fingerprint density at radius 2 is 1.90 bits per heavy atom. The second kappa shape index (κ2) is 9.37. The first-order valence-corrected chi connectivity index (χ1v) is 8.63. The Bertz CT molecular complexity index is 429. The van der Waals surface area contributed by atoms with E-state index in [0.29, 0.717) is 0 Å². The van der Waals surface area contributed by atoms with E-state index in [1.54, 1.807) is 0 Å². The average Bonchev–Trinajstić information content (AvgIpc) is 2.40. The van der Waals surface area contributed by atoms with Crippen LogP contribution in [0.2, 0.25) is 0 Å². The molecule has 1 aromatic carbocycles. The molecule has 0 bridgehead atoms. The van der Waals surface area contributed by atoms with E-state index in [0.717, 1.165) is 33.6 Å². The van der Waals surface area contributed by atoms with Gasteiger partial charge in [0.25, 0.3) is 5.91 Å². The van der Waals surface area contributed by atoms with Gasteiger partial charge in [0.2, 0.25) is 0 Å². The lowest BCUT2D eigenvalue weighted by Gasteiger charge is -2.08. The van der Waals surface area contributed by atoms with Crippen molar-refractivity contribution in [2.45, 2.75) is 52.9 Å². The topological polar surface area (TPSA) is 29.1 Å². The fourth-order valence-electron chi connectivity index (χ4n) is 2.15. The predicted molar refractivity (Wildman–Crippen MR) is 94.2 cm³/mol. The van der Waals surface area contributed by atoms with E-state index in [1.807, 2.05) is 25.1 Å². The summed E-state index contributed by atoms with van der Waals surface area (Å²) < 4.78 is 1.06. The SMILES string of the molecule is Cc1cccc(C(=O)NCCCCCCC(C)C)c1I. The van der Waals surface area contributed by atoms with Crippen LogP contribution < -0.4 is 5.32 Å². The van der Waals surface area contributed by atoms with Crippen LogP contribution >= 0.6 is 22.6 Å². The van der Waals surface area contributed by atoms with E-state index in [4.69, 9.17) is 0 Å². The van der Waals surface area contributed by atoms with Crippen LogP contribution in [0.15, 0.2) is 18.2 Å². The van der Waals surface area contributed by atoms with Gasteiger partial charge >= 0.3 is 0 Å². The van der Waals surface area contributed by atoms with E-state index < -0.39 is 0 Å². The maximum atomic E-state index is 12.1. The molecule has 112 valence electrons. The molecule has 1 rings (SSSR count). The lowest BCUT2D eigenvalue weighted by Crippen LogP contribution is -2.25. The molecule has 1 aromatic rings. The molecule has 0 atom stereocenters. The van der Waals surface area contributed by atoms with Crippen molar-refractivity contribution in [1.29, 1.82) is 0 Å². The van der Waals surface area contributed by atoms with Gasteiger partial charge in [-0.05, 0) is 53.5 Å². The maximum Gasteiger partial charge on any atom is 0.252 e. The number of nitrogens with one attached hydrogen (secondary N) is 1. The lowest BCUT2D eigenvalue weighted by atomic mass is 10.0. The number of hydrogen-bond acceptors (Lipinski definition) is 1. The van der Waals surface area contributed by atoms with E-state index in [9.17, 15) is 4.79 Å². The van der Waals surface area contributed by atoms with Crippen LogP contribution in [-0.2, 0) is 0 Å². The first-order valence-electron chi connectivity index (χ1n) is 7.55. The van der Waals surface area contributed by atoms with Crippen LogP contribution in [0.3, 0.4) is 0 Å². The van der Waals surface area contributed by atoms with Gasteiger partial charge in [-0.2, -0.15) is 0 Å². The number of carbonyl (C=O) groups excluding carboxylic acids is 1. The van der Waals surface area contributed by atoms with Gasteiger partial charge in [0.05, 0.1) is 5.56 Å². The number of amides is 1. The summed E-state index contributed by atoms with van der Waals surface area (Å²) in [4.78, 5) is 12.1. The zero-order chi connectivity index (χ0) is 15.0. The van der Waals surface area contributed by atoms with Gasteiger partial charge in [0.15, 0.2) is 0 Å². The number of carbonyl (C=O) groups is 1. The number of hydrogen-bond donors (Lipinski definition) is 1. The van der Waals surface area contributed by atoms with E-state index in [2.05, 4.69) is 41.8 Å². The molecule has 0 saturated carbocycles. The van der Waals surface area contributed by atoms with Crippen molar-refractivity contribution < 1.29 is 4.79 Å². The molecule has 3 heteroatoms. The van der Waals surface area contributed by atoms with Crippen LogP contribution in [-0.4, -0.2) is 12.5 Å². The Kier molecular flexibility index (Phi) is 8.19. The van der Waals surface area contributed by atoms with Crippen LogP contribution in [0.25, 0.3) is 0 Å². The van der Waals surface area contributed by atoms with E-state index in [-0.39, 0.29) is 5.91 Å². The fourth-order valence-corrected chi connectivity index (χ4v) is 2.76. The van der Waals surface area contributed by atoms with Crippen LogP contribution in [0.4, 0.5) is 0 Å². The van der Waals surface area contributed by atoms with Crippen LogP contribution in [0.5, 0.6) is 0 Å². The fraction of sp³-hybridized carbons (Fsp3) is 0.588. The number of unbranched alkanes of at least 4 members (excludes halogenated alkanes) is 3. The molecule has 0 radical (unpaired) electrons. The molecule has 0 unspecified atom stereocenters. The minimum absolute atomic E-state index is 0.0558. The molecule has 20 heavy (non-hydrogen) atoms. The standard InChI is InChI=1S/C17H26INO/c1-13(2)9-6-4-5-7-12-19-17(20)15-11-8-10-14(3)16(15)18/h8,10-11,13H,4-7,9,12H2,1-3H3,(H,19,20). The molecule has 0 spiro atoms. The molecule has 2 nitrogen and oxygen atoms in total. The van der Waals surface area contributed by atoms with Crippen molar-refractivity contribution in [2.24, 2.45) is 5.92 Å². The first kappa shape index (κ1) is 17.5. The predicted octanol–water partition coefficient (Wildman–Crippen LogP) is 4.94. The molecule has 0 fully saturated rings. The monoisotopic (exact) mass is 387 g/mol. The second-order valence-corrected chi connectivity index (χ2v) is 6.87. The zero-order valence-electron chi connectivity index (χ0n) is 12.8. The van der Waals surface area contributed by atoms with Crippen molar-refractivity contribution >= 4 is 28.5 Å². The molecular weight excluding hydrogens is 361 g/mol. The molecule has 1 N–H and O–H groups in total. The van der Waals surface area contributed by atoms with Gasteiger partial charge < -0.3 is 5.32 Å². The largest absolute Gasteiger partial charge is 0.352 e. The third-order valence-corrected chi connectivity index (χ3v) is 4.86. The molecule has 0 aromatic heterocycles. The summed E-state index contributed by atoms with van der Waals surface area (Å²) in [6.45, 7) is 7.35. The quantitative estimate of drug-likeness (QED) is 0.497. The molecule has 0 aliphatic carbocycles.